The van der Waals surface area contributed by atoms with Crippen LogP contribution in [0.3, 0.4) is 0 Å². The highest BCUT2D eigenvalue weighted by Crippen LogP contribution is 2.25. The number of nitrogens with zero attached hydrogens (tertiary/aromatic N) is 4. The van der Waals surface area contributed by atoms with E-state index in [1.807, 2.05) is 24.5 Å². The van der Waals surface area contributed by atoms with Crippen LogP contribution in [0.1, 0.15) is 25.9 Å². The molecular formula is C18H18N4. The van der Waals surface area contributed by atoms with E-state index >= 15 is 0 Å². The molecule has 0 amide bonds. The molecule has 0 atom stereocenters. The molecule has 2 heterocycles. The first kappa shape index (κ1) is 13.1. The van der Waals surface area contributed by atoms with Gasteiger partial charge in [-0.1, -0.05) is 49.7 Å². The maximum Gasteiger partial charge on any atom is 0.144 e. The molecule has 4 aromatic rings. The second-order valence-electron chi connectivity index (χ2n) is 5.57. The van der Waals surface area contributed by atoms with E-state index in [9.17, 15) is 0 Å². The van der Waals surface area contributed by atoms with Crippen LogP contribution in [0.5, 0.6) is 0 Å². The molecule has 0 aliphatic rings. The van der Waals surface area contributed by atoms with Crippen molar-refractivity contribution in [3.8, 4) is 0 Å². The van der Waals surface area contributed by atoms with E-state index in [2.05, 4.69) is 62.9 Å². The number of fused-ring (bicyclic) bond motifs is 2. The summed E-state index contributed by atoms with van der Waals surface area (Å²) in [5, 5.41) is 11.6. The molecule has 0 N–H and O–H groups in total. The van der Waals surface area contributed by atoms with Gasteiger partial charge in [0.2, 0.25) is 0 Å². The lowest BCUT2D eigenvalue weighted by Gasteiger charge is -2.19. The molecule has 0 saturated carbocycles. The molecule has 0 radical (unpaired) electrons. The van der Waals surface area contributed by atoms with E-state index < -0.39 is 0 Å². The first-order chi connectivity index (χ1) is 10.9. The number of hydrogen-bond donors (Lipinski definition) is 0. The molecule has 0 aliphatic heterocycles. The average molecular weight is 290 g/mol. The minimum Gasteiger partial charge on any atom is -0.240 e. The standard InChI is InChI=1S/C18H18N4/c1-2-7-18(21-16-10-5-3-8-14(16)12-19-21)22-17-11-6-4-9-15(17)13-20-22/h3-6,8-13,18H,2,7H2,1H3. The summed E-state index contributed by atoms with van der Waals surface area (Å²) in [7, 11) is 0. The minimum atomic E-state index is 0.102. The van der Waals surface area contributed by atoms with Gasteiger partial charge in [-0.05, 0) is 18.6 Å². The lowest BCUT2D eigenvalue weighted by atomic mass is 10.2. The van der Waals surface area contributed by atoms with Crippen molar-refractivity contribution >= 4 is 21.8 Å². The molecule has 0 spiro atoms. The fraction of sp³-hybridized carbons (Fsp3) is 0.222. The Balaban J connectivity index is 1.91. The van der Waals surface area contributed by atoms with Crippen LogP contribution in [0.25, 0.3) is 21.8 Å². The SMILES string of the molecule is CCCC(n1ncc2ccccc21)n1ncc2ccccc21. The molecule has 0 bridgehead atoms. The predicted octanol–water partition coefficient (Wildman–Crippen LogP) is 4.23. The van der Waals surface area contributed by atoms with Crippen LogP contribution in [0, 0.1) is 0 Å². The smallest absolute Gasteiger partial charge is 0.144 e. The zero-order valence-electron chi connectivity index (χ0n) is 12.6. The van der Waals surface area contributed by atoms with Gasteiger partial charge in [0.25, 0.3) is 0 Å². The van der Waals surface area contributed by atoms with Gasteiger partial charge < -0.3 is 0 Å². The van der Waals surface area contributed by atoms with E-state index in [1.54, 1.807) is 0 Å². The van der Waals surface area contributed by atoms with E-state index in [1.165, 1.54) is 10.8 Å². The summed E-state index contributed by atoms with van der Waals surface area (Å²) in [4.78, 5) is 0. The van der Waals surface area contributed by atoms with Crippen molar-refractivity contribution in [1.82, 2.24) is 19.6 Å². The number of benzene rings is 2. The molecule has 2 aromatic carbocycles. The first-order valence-electron chi connectivity index (χ1n) is 7.73. The third-order valence-electron chi connectivity index (χ3n) is 4.12. The quantitative estimate of drug-likeness (QED) is 0.564. The monoisotopic (exact) mass is 290 g/mol. The van der Waals surface area contributed by atoms with E-state index in [-0.39, 0.29) is 6.17 Å². The van der Waals surface area contributed by atoms with Crippen molar-refractivity contribution in [2.24, 2.45) is 0 Å². The zero-order valence-corrected chi connectivity index (χ0v) is 12.6. The van der Waals surface area contributed by atoms with Crippen LogP contribution in [0.2, 0.25) is 0 Å². The number of para-hydroxylation sites is 2. The Hall–Kier alpha value is -2.62. The molecule has 22 heavy (non-hydrogen) atoms. The van der Waals surface area contributed by atoms with Crippen molar-refractivity contribution < 1.29 is 0 Å². The predicted molar refractivity (Wildman–Crippen MR) is 88.8 cm³/mol. The lowest BCUT2D eigenvalue weighted by molar-refractivity contribution is 0.354. The lowest BCUT2D eigenvalue weighted by Crippen LogP contribution is -2.20. The Bertz CT molecular complexity index is 845. The Morgan fingerprint density at radius 2 is 1.32 bits per heavy atom. The molecule has 0 aliphatic carbocycles. The number of rotatable bonds is 4. The van der Waals surface area contributed by atoms with Crippen LogP contribution in [-0.4, -0.2) is 19.6 Å². The van der Waals surface area contributed by atoms with Gasteiger partial charge in [0, 0.05) is 10.8 Å². The van der Waals surface area contributed by atoms with Gasteiger partial charge in [-0.15, -0.1) is 0 Å². The largest absolute Gasteiger partial charge is 0.240 e. The van der Waals surface area contributed by atoms with Gasteiger partial charge in [-0.3, -0.25) is 0 Å². The second-order valence-corrected chi connectivity index (χ2v) is 5.57. The summed E-state index contributed by atoms with van der Waals surface area (Å²) in [5.41, 5.74) is 2.31. The van der Waals surface area contributed by atoms with Crippen LogP contribution >= 0.6 is 0 Å². The minimum absolute atomic E-state index is 0.102. The van der Waals surface area contributed by atoms with Crippen molar-refractivity contribution in [2.45, 2.75) is 25.9 Å². The molecule has 0 unspecified atom stereocenters. The van der Waals surface area contributed by atoms with Crippen molar-refractivity contribution in [2.75, 3.05) is 0 Å². The zero-order chi connectivity index (χ0) is 14.9. The fourth-order valence-electron chi connectivity index (χ4n) is 3.07. The third kappa shape index (κ3) is 1.99. The van der Waals surface area contributed by atoms with Crippen molar-refractivity contribution in [1.29, 1.82) is 0 Å². The third-order valence-corrected chi connectivity index (χ3v) is 4.12. The molecule has 2 aromatic heterocycles. The van der Waals surface area contributed by atoms with Crippen LogP contribution in [0.15, 0.2) is 60.9 Å². The van der Waals surface area contributed by atoms with Crippen LogP contribution in [0.4, 0.5) is 0 Å². The van der Waals surface area contributed by atoms with Gasteiger partial charge >= 0.3 is 0 Å². The average Bonchev–Trinajstić information content (AvgIpc) is 3.17. The number of hydrogen-bond acceptors (Lipinski definition) is 2. The van der Waals surface area contributed by atoms with Crippen molar-refractivity contribution in [3.05, 3.63) is 60.9 Å². The summed E-state index contributed by atoms with van der Waals surface area (Å²) in [6.07, 6.45) is 6.04. The summed E-state index contributed by atoms with van der Waals surface area (Å²) < 4.78 is 4.19. The normalized spacial score (nSPS) is 11.7. The molecule has 110 valence electrons. The van der Waals surface area contributed by atoms with E-state index in [0.29, 0.717) is 0 Å². The van der Waals surface area contributed by atoms with Crippen LogP contribution in [-0.2, 0) is 0 Å². The topological polar surface area (TPSA) is 35.6 Å². The van der Waals surface area contributed by atoms with Gasteiger partial charge in [0.1, 0.15) is 6.17 Å². The van der Waals surface area contributed by atoms with Crippen molar-refractivity contribution in [3.63, 3.8) is 0 Å². The van der Waals surface area contributed by atoms with Gasteiger partial charge in [0.05, 0.1) is 23.4 Å². The maximum atomic E-state index is 4.63. The van der Waals surface area contributed by atoms with Gasteiger partial charge in [0.15, 0.2) is 0 Å². The Morgan fingerprint density at radius 1 is 0.818 bits per heavy atom. The molecule has 0 saturated heterocycles. The molecule has 4 heteroatoms. The summed E-state index contributed by atoms with van der Waals surface area (Å²) in [6.45, 7) is 2.20. The first-order valence-corrected chi connectivity index (χ1v) is 7.73. The Labute approximate surface area is 129 Å². The summed E-state index contributed by atoms with van der Waals surface area (Å²) >= 11 is 0. The highest BCUT2D eigenvalue weighted by atomic mass is 15.4. The Morgan fingerprint density at radius 3 is 1.82 bits per heavy atom. The van der Waals surface area contributed by atoms with E-state index in [0.717, 1.165) is 23.9 Å². The second kappa shape index (κ2) is 5.30. The molecular weight excluding hydrogens is 272 g/mol. The highest BCUT2D eigenvalue weighted by molar-refractivity contribution is 5.80. The molecule has 4 nitrogen and oxygen atoms in total. The van der Waals surface area contributed by atoms with Crippen LogP contribution < -0.4 is 0 Å². The van der Waals surface area contributed by atoms with Gasteiger partial charge in [-0.2, -0.15) is 10.2 Å². The highest BCUT2D eigenvalue weighted by Gasteiger charge is 2.18. The maximum absolute atomic E-state index is 4.63. The van der Waals surface area contributed by atoms with Gasteiger partial charge in [-0.25, -0.2) is 9.36 Å². The summed E-state index contributed by atoms with van der Waals surface area (Å²) in [6, 6.07) is 16.7. The Kier molecular flexibility index (Phi) is 3.15. The summed E-state index contributed by atoms with van der Waals surface area (Å²) in [5.74, 6) is 0. The van der Waals surface area contributed by atoms with E-state index in [4.69, 9.17) is 0 Å². The number of aromatic nitrogens is 4. The molecule has 4 rings (SSSR count). The fourth-order valence-corrected chi connectivity index (χ4v) is 3.07. The molecule has 0 fully saturated rings.